The van der Waals surface area contributed by atoms with Gasteiger partial charge in [-0.2, -0.15) is 5.10 Å². The number of hydrogen-bond donors (Lipinski definition) is 2. The second kappa shape index (κ2) is 8.68. The lowest BCUT2D eigenvalue weighted by Crippen LogP contribution is -2.45. The van der Waals surface area contributed by atoms with Crippen LogP contribution in [0.2, 0.25) is 5.02 Å². The summed E-state index contributed by atoms with van der Waals surface area (Å²) in [4.78, 5) is 14.4. The van der Waals surface area contributed by atoms with E-state index in [0.29, 0.717) is 10.9 Å². The molecule has 5 nitrogen and oxygen atoms in total. The highest BCUT2D eigenvalue weighted by atomic mass is 35.5. The minimum atomic E-state index is -0.214. The van der Waals surface area contributed by atoms with Crippen molar-refractivity contribution in [3.05, 3.63) is 57.6 Å². The molecule has 0 aromatic heterocycles. The number of nitrogens with one attached hydrogen (secondary N) is 2. The number of anilines is 2. The largest absolute Gasteiger partial charge is 0.376 e. The van der Waals surface area contributed by atoms with Crippen LogP contribution in [0.3, 0.4) is 0 Å². The third-order valence-corrected chi connectivity index (χ3v) is 6.43. The number of benzene rings is 2. The number of fused-ring (bicyclic) bond motifs is 1. The van der Waals surface area contributed by atoms with E-state index in [9.17, 15) is 4.79 Å². The zero-order valence-corrected chi connectivity index (χ0v) is 19.4. The molecule has 0 radical (unpaired) electrons. The minimum absolute atomic E-state index is 0.0856. The van der Waals surface area contributed by atoms with E-state index in [4.69, 9.17) is 11.6 Å². The van der Waals surface area contributed by atoms with Gasteiger partial charge in [0.05, 0.1) is 17.8 Å². The summed E-state index contributed by atoms with van der Waals surface area (Å²) in [5, 5.41) is 7.84. The molecule has 0 saturated heterocycles. The van der Waals surface area contributed by atoms with Crippen LogP contribution in [0.15, 0.2) is 35.4 Å². The molecule has 0 aliphatic carbocycles. The van der Waals surface area contributed by atoms with Crippen molar-refractivity contribution in [3.63, 3.8) is 0 Å². The molecule has 160 valence electrons. The SMILES string of the molecule is Cc1ccc(NCC(=O)N/N=C\c2cc3c(cc2Cl)N(C)C(C)(C)CC3C)cc1C. The minimum Gasteiger partial charge on any atom is -0.376 e. The number of hydrogen-bond acceptors (Lipinski definition) is 4. The number of carbonyl (C=O) groups is 1. The fourth-order valence-corrected chi connectivity index (χ4v) is 4.16. The second-order valence-electron chi connectivity index (χ2n) is 8.85. The molecule has 1 unspecified atom stereocenters. The third kappa shape index (κ3) is 4.78. The predicted octanol–water partition coefficient (Wildman–Crippen LogP) is 5.24. The average molecular weight is 427 g/mol. The van der Waals surface area contributed by atoms with Gasteiger partial charge in [0.25, 0.3) is 5.91 Å². The maximum atomic E-state index is 12.1. The first kappa shape index (κ1) is 22.2. The topological polar surface area (TPSA) is 56.7 Å². The highest BCUT2D eigenvalue weighted by Crippen LogP contribution is 2.44. The van der Waals surface area contributed by atoms with Gasteiger partial charge in [-0.05, 0) is 81.0 Å². The van der Waals surface area contributed by atoms with E-state index in [1.54, 1.807) is 6.21 Å². The molecule has 1 aliphatic heterocycles. The molecule has 1 amide bonds. The summed E-state index contributed by atoms with van der Waals surface area (Å²) >= 11 is 6.51. The first-order valence-corrected chi connectivity index (χ1v) is 10.7. The first-order valence-electron chi connectivity index (χ1n) is 10.3. The summed E-state index contributed by atoms with van der Waals surface area (Å²) in [6.45, 7) is 11.0. The lowest BCUT2D eigenvalue weighted by atomic mass is 9.80. The Labute approximate surface area is 184 Å². The van der Waals surface area contributed by atoms with Crippen LogP contribution < -0.4 is 15.6 Å². The van der Waals surface area contributed by atoms with Crippen LogP contribution >= 0.6 is 11.6 Å². The van der Waals surface area contributed by atoms with Crippen molar-refractivity contribution in [1.29, 1.82) is 0 Å². The molecular weight excluding hydrogens is 396 g/mol. The van der Waals surface area contributed by atoms with Gasteiger partial charge in [-0.25, -0.2) is 5.43 Å². The van der Waals surface area contributed by atoms with E-state index < -0.39 is 0 Å². The van der Waals surface area contributed by atoms with Crippen molar-refractivity contribution in [3.8, 4) is 0 Å². The monoisotopic (exact) mass is 426 g/mol. The normalized spacial score (nSPS) is 17.7. The Balaban J connectivity index is 1.64. The molecule has 3 rings (SSSR count). The summed E-state index contributed by atoms with van der Waals surface area (Å²) in [7, 11) is 2.11. The predicted molar refractivity (Wildman–Crippen MR) is 127 cm³/mol. The van der Waals surface area contributed by atoms with E-state index in [2.05, 4.69) is 61.6 Å². The summed E-state index contributed by atoms with van der Waals surface area (Å²) in [6.07, 6.45) is 2.68. The smallest absolute Gasteiger partial charge is 0.259 e. The highest BCUT2D eigenvalue weighted by molar-refractivity contribution is 6.33. The summed E-state index contributed by atoms with van der Waals surface area (Å²) in [6, 6.07) is 10.1. The van der Waals surface area contributed by atoms with E-state index in [-0.39, 0.29) is 18.0 Å². The summed E-state index contributed by atoms with van der Waals surface area (Å²) in [5.74, 6) is 0.209. The van der Waals surface area contributed by atoms with Crippen LogP contribution in [0.25, 0.3) is 0 Å². The lowest BCUT2D eigenvalue weighted by Gasteiger charge is -2.45. The maximum Gasteiger partial charge on any atom is 0.259 e. The molecule has 2 N–H and O–H groups in total. The van der Waals surface area contributed by atoms with Gasteiger partial charge in [-0.15, -0.1) is 0 Å². The molecule has 0 fully saturated rings. The Bertz CT molecular complexity index is 983. The van der Waals surface area contributed by atoms with Crippen LogP contribution in [-0.4, -0.2) is 31.3 Å². The van der Waals surface area contributed by atoms with Crippen molar-refractivity contribution < 1.29 is 4.79 Å². The Morgan fingerprint density at radius 3 is 2.70 bits per heavy atom. The molecule has 1 aliphatic rings. The Kier molecular flexibility index (Phi) is 6.41. The van der Waals surface area contributed by atoms with Gasteiger partial charge in [-0.1, -0.05) is 24.6 Å². The van der Waals surface area contributed by atoms with Crippen molar-refractivity contribution >= 4 is 35.1 Å². The van der Waals surface area contributed by atoms with Gasteiger partial charge in [0.15, 0.2) is 0 Å². The number of rotatable bonds is 5. The van der Waals surface area contributed by atoms with Gasteiger partial charge in [0, 0.05) is 29.5 Å². The van der Waals surface area contributed by atoms with Gasteiger partial charge >= 0.3 is 0 Å². The summed E-state index contributed by atoms with van der Waals surface area (Å²) < 4.78 is 0. The van der Waals surface area contributed by atoms with Crippen molar-refractivity contribution in [1.82, 2.24) is 5.43 Å². The maximum absolute atomic E-state index is 12.1. The number of hydrazone groups is 1. The standard InChI is InChI=1S/C24H31ClN4O/c1-15-7-8-19(9-16(15)2)26-14-23(30)28-27-13-18-10-20-17(3)12-24(4,5)29(6)22(20)11-21(18)25/h7-11,13,17,26H,12,14H2,1-6H3,(H,28,30)/b27-13-. The lowest BCUT2D eigenvalue weighted by molar-refractivity contribution is -0.119. The highest BCUT2D eigenvalue weighted by Gasteiger charge is 2.34. The number of nitrogens with zero attached hydrogens (tertiary/aromatic N) is 2. The second-order valence-corrected chi connectivity index (χ2v) is 9.26. The number of carbonyl (C=O) groups excluding carboxylic acids is 1. The van der Waals surface area contributed by atoms with Crippen LogP contribution in [0, 0.1) is 13.8 Å². The number of halogens is 1. The quantitative estimate of drug-likeness (QED) is 0.507. The van der Waals surface area contributed by atoms with Gasteiger partial charge in [0.2, 0.25) is 0 Å². The molecule has 6 heteroatoms. The fraction of sp³-hybridized carbons (Fsp3) is 0.417. The van der Waals surface area contributed by atoms with Crippen LogP contribution in [-0.2, 0) is 4.79 Å². The molecule has 0 bridgehead atoms. The van der Waals surface area contributed by atoms with Crippen molar-refractivity contribution in [2.24, 2.45) is 5.10 Å². The molecular formula is C24H31ClN4O. The van der Waals surface area contributed by atoms with Gasteiger partial charge in [0.1, 0.15) is 0 Å². The van der Waals surface area contributed by atoms with E-state index in [1.807, 2.05) is 31.2 Å². The first-order chi connectivity index (χ1) is 14.1. The fourth-order valence-electron chi connectivity index (χ4n) is 3.95. The Morgan fingerprint density at radius 1 is 1.27 bits per heavy atom. The third-order valence-electron chi connectivity index (χ3n) is 6.10. The molecule has 30 heavy (non-hydrogen) atoms. The molecule has 2 aromatic rings. The van der Waals surface area contributed by atoms with E-state index in [1.165, 1.54) is 16.7 Å². The van der Waals surface area contributed by atoms with Crippen LogP contribution in [0.1, 0.15) is 55.4 Å². The molecule has 2 aromatic carbocycles. The summed E-state index contributed by atoms with van der Waals surface area (Å²) in [5.41, 5.74) is 9.19. The van der Waals surface area contributed by atoms with Crippen LogP contribution in [0.4, 0.5) is 11.4 Å². The van der Waals surface area contributed by atoms with E-state index >= 15 is 0 Å². The molecule has 1 atom stereocenters. The van der Waals surface area contributed by atoms with Crippen molar-refractivity contribution in [2.45, 2.75) is 52.5 Å². The Morgan fingerprint density at radius 2 is 2.00 bits per heavy atom. The molecule has 1 heterocycles. The zero-order chi connectivity index (χ0) is 22.1. The molecule has 0 saturated carbocycles. The van der Waals surface area contributed by atoms with Crippen LogP contribution in [0.5, 0.6) is 0 Å². The molecule has 0 spiro atoms. The number of amides is 1. The Hall–Kier alpha value is -2.53. The zero-order valence-electron chi connectivity index (χ0n) is 18.6. The van der Waals surface area contributed by atoms with Gasteiger partial charge in [-0.3, -0.25) is 4.79 Å². The average Bonchev–Trinajstić information content (AvgIpc) is 2.67. The van der Waals surface area contributed by atoms with Gasteiger partial charge < -0.3 is 10.2 Å². The van der Waals surface area contributed by atoms with Crippen molar-refractivity contribution in [2.75, 3.05) is 23.8 Å². The number of aryl methyl sites for hydroxylation is 2. The van der Waals surface area contributed by atoms with E-state index in [0.717, 1.165) is 23.4 Å².